The summed E-state index contributed by atoms with van der Waals surface area (Å²) in [5.41, 5.74) is 0.540. The van der Waals surface area contributed by atoms with Gasteiger partial charge in [0.2, 0.25) is 0 Å². The molecule has 0 aliphatic rings. The fourth-order valence-corrected chi connectivity index (χ4v) is 1.05. The topological polar surface area (TPSA) is 43.4 Å². The van der Waals surface area contributed by atoms with Crippen molar-refractivity contribution >= 4 is 22.6 Å². The van der Waals surface area contributed by atoms with Crippen molar-refractivity contribution in [1.29, 1.82) is 0 Å². The fourth-order valence-electron chi connectivity index (χ4n) is 0.670. The molecule has 0 saturated heterocycles. The van der Waals surface area contributed by atoms with Gasteiger partial charge in [-0.1, -0.05) is 29.8 Å². The zero-order valence-corrected chi connectivity index (χ0v) is 7.59. The molecule has 0 N–H and O–H groups in total. The van der Waals surface area contributed by atoms with E-state index in [1.165, 1.54) is 0 Å². The van der Waals surface area contributed by atoms with Gasteiger partial charge in [0.25, 0.3) is 11.0 Å². The minimum Gasteiger partial charge on any atom is -0.261 e. The lowest BCUT2D eigenvalue weighted by Crippen LogP contribution is -1.88. The van der Waals surface area contributed by atoms with Crippen LogP contribution in [0.15, 0.2) is 24.3 Å². The Labute approximate surface area is 77.1 Å². The lowest BCUT2D eigenvalue weighted by Gasteiger charge is -1.98. The fraction of sp³-hybridized carbons (Fsp3) is 0. The molecule has 1 aromatic rings. The van der Waals surface area contributed by atoms with Crippen LogP contribution >= 0.6 is 11.6 Å². The average molecular weight is 206 g/mol. The zero-order chi connectivity index (χ0) is 8.97. The molecule has 0 unspecified atom stereocenters. The monoisotopic (exact) mass is 205 g/mol. The van der Waals surface area contributed by atoms with Crippen molar-refractivity contribution in [1.82, 2.24) is 0 Å². The van der Waals surface area contributed by atoms with Crippen molar-refractivity contribution < 1.29 is 12.6 Å². The first-order valence-corrected chi connectivity index (χ1v) is 4.56. The molecule has 1 rings (SSSR count). The van der Waals surface area contributed by atoms with Gasteiger partial charge in [-0.15, -0.1) is 0 Å². The van der Waals surface area contributed by atoms with Gasteiger partial charge in [-0.3, -0.25) is 4.18 Å². The molecular formula is C7H6ClO3S. The van der Waals surface area contributed by atoms with E-state index in [2.05, 4.69) is 4.18 Å². The number of hydrogen-bond donors (Lipinski definition) is 1. The molecule has 0 saturated carbocycles. The third-order valence-corrected chi connectivity index (χ3v) is 1.79. The van der Waals surface area contributed by atoms with Crippen LogP contribution in [-0.2, 0) is 15.2 Å². The molecule has 0 heterocycles. The van der Waals surface area contributed by atoms with Crippen molar-refractivity contribution in [2.45, 2.75) is 0 Å². The van der Waals surface area contributed by atoms with Gasteiger partial charge in [-0.05, 0) is 6.07 Å². The normalized spacial score (nSPS) is 10.5. The van der Waals surface area contributed by atoms with E-state index < -0.39 is 11.0 Å². The molecule has 3 nitrogen and oxygen atoms in total. The Bertz CT molecular complexity index is 327. The first-order valence-electron chi connectivity index (χ1n) is 3.09. The van der Waals surface area contributed by atoms with E-state index in [-0.39, 0.29) is 0 Å². The van der Waals surface area contributed by atoms with Gasteiger partial charge in [-0.2, -0.15) is 0 Å². The minimum absolute atomic E-state index is 0.453. The van der Waals surface area contributed by atoms with Crippen LogP contribution in [0.2, 0.25) is 5.02 Å². The summed E-state index contributed by atoms with van der Waals surface area (Å²) in [4.78, 5) is 0. The smallest absolute Gasteiger partial charge is 0.257 e. The SMILES string of the molecule is O=[SH](=O)O[CH]c1ccccc1Cl. The zero-order valence-electron chi connectivity index (χ0n) is 5.94. The Morgan fingerprint density at radius 1 is 1.33 bits per heavy atom. The second kappa shape index (κ2) is 4.45. The molecular weight excluding hydrogens is 200 g/mol. The summed E-state index contributed by atoms with van der Waals surface area (Å²) in [5, 5.41) is 0.453. The Balaban J connectivity index is 2.69. The van der Waals surface area contributed by atoms with E-state index in [0.717, 1.165) is 6.61 Å². The van der Waals surface area contributed by atoms with Crippen LogP contribution in [0.25, 0.3) is 0 Å². The Morgan fingerprint density at radius 2 is 2.00 bits per heavy atom. The molecule has 65 valence electrons. The molecule has 0 amide bonds. The predicted molar refractivity (Wildman–Crippen MR) is 46.3 cm³/mol. The molecule has 0 aromatic heterocycles. The summed E-state index contributed by atoms with van der Waals surface area (Å²) in [6, 6.07) is 6.78. The van der Waals surface area contributed by atoms with Crippen molar-refractivity contribution in [3.63, 3.8) is 0 Å². The summed E-state index contributed by atoms with van der Waals surface area (Å²) >= 11 is 5.70. The third-order valence-electron chi connectivity index (χ3n) is 1.17. The van der Waals surface area contributed by atoms with Gasteiger partial charge in [0.15, 0.2) is 0 Å². The standard InChI is InChI=1S/C7H6ClO3S/c8-7-4-2-1-3-6(7)5-11-12(9)10/h1-5,12H. The van der Waals surface area contributed by atoms with Crippen LogP contribution in [0.1, 0.15) is 5.56 Å². The Hall–Kier alpha value is -0.580. The van der Waals surface area contributed by atoms with Crippen molar-refractivity contribution in [2.75, 3.05) is 0 Å². The van der Waals surface area contributed by atoms with Gasteiger partial charge in [-0.25, -0.2) is 8.42 Å². The highest BCUT2D eigenvalue weighted by molar-refractivity contribution is 7.67. The maximum absolute atomic E-state index is 10.0. The summed E-state index contributed by atoms with van der Waals surface area (Å²) in [5.74, 6) is 0. The van der Waals surface area contributed by atoms with E-state index in [1.54, 1.807) is 24.3 Å². The van der Waals surface area contributed by atoms with E-state index in [1.807, 2.05) is 0 Å². The molecule has 0 fully saturated rings. The molecule has 12 heavy (non-hydrogen) atoms. The van der Waals surface area contributed by atoms with Crippen molar-refractivity contribution in [3.05, 3.63) is 41.5 Å². The predicted octanol–water partition coefficient (Wildman–Crippen LogP) is 1.39. The summed E-state index contributed by atoms with van der Waals surface area (Å²) in [6.07, 6.45) is 0. The van der Waals surface area contributed by atoms with Crippen LogP contribution in [-0.4, -0.2) is 8.42 Å². The lowest BCUT2D eigenvalue weighted by atomic mass is 10.2. The highest BCUT2D eigenvalue weighted by Crippen LogP contribution is 2.16. The van der Waals surface area contributed by atoms with Crippen molar-refractivity contribution in [2.24, 2.45) is 0 Å². The number of benzene rings is 1. The first-order chi connectivity index (χ1) is 5.70. The quantitative estimate of drug-likeness (QED) is 0.759. The molecule has 1 radical (unpaired) electrons. The lowest BCUT2D eigenvalue weighted by molar-refractivity contribution is 0.429. The molecule has 1 aromatic carbocycles. The third kappa shape index (κ3) is 2.81. The summed E-state index contributed by atoms with van der Waals surface area (Å²) < 4.78 is 24.3. The van der Waals surface area contributed by atoms with E-state index in [4.69, 9.17) is 11.6 Å². The summed E-state index contributed by atoms with van der Waals surface area (Å²) in [7, 11) is -2.85. The maximum atomic E-state index is 10.0. The second-order valence-electron chi connectivity index (χ2n) is 1.97. The second-order valence-corrected chi connectivity index (χ2v) is 3.03. The van der Waals surface area contributed by atoms with Gasteiger partial charge >= 0.3 is 0 Å². The van der Waals surface area contributed by atoms with Crippen LogP contribution in [0.5, 0.6) is 0 Å². The average Bonchev–Trinajstić information content (AvgIpc) is 2.03. The highest BCUT2D eigenvalue weighted by Gasteiger charge is 1.99. The largest absolute Gasteiger partial charge is 0.261 e. The van der Waals surface area contributed by atoms with E-state index in [0.29, 0.717) is 10.6 Å². The van der Waals surface area contributed by atoms with Gasteiger partial charge in [0.05, 0.1) is 0 Å². The van der Waals surface area contributed by atoms with Crippen LogP contribution in [0.4, 0.5) is 0 Å². The van der Waals surface area contributed by atoms with Crippen LogP contribution < -0.4 is 0 Å². The maximum Gasteiger partial charge on any atom is 0.257 e. The van der Waals surface area contributed by atoms with E-state index in [9.17, 15) is 8.42 Å². The molecule has 5 heteroatoms. The van der Waals surface area contributed by atoms with Gasteiger partial charge in [0, 0.05) is 10.6 Å². The highest BCUT2D eigenvalue weighted by atomic mass is 35.5. The molecule has 0 bridgehead atoms. The molecule has 0 aliphatic carbocycles. The van der Waals surface area contributed by atoms with E-state index >= 15 is 0 Å². The van der Waals surface area contributed by atoms with Crippen LogP contribution in [0, 0.1) is 6.61 Å². The number of thiol groups is 1. The molecule has 0 aliphatic heterocycles. The molecule has 0 atom stereocenters. The van der Waals surface area contributed by atoms with Gasteiger partial charge < -0.3 is 0 Å². The van der Waals surface area contributed by atoms with Crippen LogP contribution in [0.3, 0.4) is 0 Å². The first kappa shape index (κ1) is 9.51. The summed E-state index contributed by atoms with van der Waals surface area (Å²) in [6.45, 7) is 1.09. The number of hydrogen-bond acceptors (Lipinski definition) is 3. The minimum atomic E-state index is -2.85. The number of halogens is 1. The Morgan fingerprint density at radius 3 is 2.58 bits per heavy atom. The Kier molecular flexibility index (Phi) is 3.52. The number of rotatable bonds is 3. The van der Waals surface area contributed by atoms with Gasteiger partial charge in [0.1, 0.15) is 6.61 Å². The van der Waals surface area contributed by atoms with Crippen molar-refractivity contribution in [3.8, 4) is 0 Å². The molecule has 0 spiro atoms.